The molecule has 1 rings (SSSR count). The van der Waals surface area contributed by atoms with Crippen LogP contribution >= 0.6 is 11.8 Å². The van der Waals surface area contributed by atoms with Gasteiger partial charge in [0.15, 0.2) is 0 Å². The maximum Gasteiger partial charge on any atom is 0.237 e. The van der Waals surface area contributed by atoms with Gasteiger partial charge in [0.25, 0.3) is 0 Å². The van der Waals surface area contributed by atoms with Gasteiger partial charge in [0, 0.05) is 17.5 Å². The lowest BCUT2D eigenvalue weighted by Crippen LogP contribution is -2.47. The highest BCUT2D eigenvalue weighted by Crippen LogP contribution is 2.22. The summed E-state index contributed by atoms with van der Waals surface area (Å²) in [5, 5.41) is 4.51. The molecule has 1 aliphatic heterocycles. The summed E-state index contributed by atoms with van der Waals surface area (Å²) in [6.07, 6.45) is 0.974. The van der Waals surface area contributed by atoms with Gasteiger partial charge < -0.3 is 5.73 Å². The fraction of sp³-hybridized carbons (Fsp3) is 0.857. The Bertz CT molecular complexity index is 151. The van der Waals surface area contributed by atoms with E-state index in [1.54, 1.807) is 11.8 Å². The van der Waals surface area contributed by atoms with Crippen LogP contribution in [0, 0.1) is 0 Å². The van der Waals surface area contributed by atoms with E-state index in [4.69, 9.17) is 5.73 Å². The van der Waals surface area contributed by atoms with Crippen LogP contribution in [-0.2, 0) is 4.79 Å². The van der Waals surface area contributed by atoms with Gasteiger partial charge in [-0.2, -0.15) is 11.8 Å². The topological polar surface area (TPSA) is 57.2 Å². The first-order valence-corrected chi connectivity index (χ1v) is 4.88. The first kappa shape index (κ1) is 8.87. The molecule has 0 spiro atoms. The lowest BCUT2D eigenvalue weighted by Gasteiger charge is -2.27. The molecule has 1 heterocycles. The van der Waals surface area contributed by atoms with Crippen LogP contribution < -0.4 is 11.1 Å². The molecule has 63 valence electrons. The molecule has 0 saturated carbocycles. The summed E-state index contributed by atoms with van der Waals surface area (Å²) in [6.45, 7) is 2.84. The maximum atomic E-state index is 10.8. The number of rotatable bonds is 2. The van der Waals surface area contributed by atoms with Crippen LogP contribution in [0.4, 0.5) is 0 Å². The summed E-state index contributed by atoms with van der Waals surface area (Å²) in [7, 11) is 0. The molecular formula is C7H13N2OS. The smallest absolute Gasteiger partial charge is 0.237 e. The Morgan fingerprint density at radius 2 is 2.55 bits per heavy atom. The monoisotopic (exact) mass is 173 g/mol. The van der Waals surface area contributed by atoms with Crippen LogP contribution in [-0.4, -0.2) is 29.5 Å². The van der Waals surface area contributed by atoms with Crippen LogP contribution in [0.2, 0.25) is 0 Å². The molecule has 1 aliphatic rings. The predicted molar refractivity (Wildman–Crippen MR) is 46.5 cm³/mol. The second kappa shape index (κ2) is 3.97. The van der Waals surface area contributed by atoms with Crippen molar-refractivity contribution in [3.63, 3.8) is 0 Å². The normalized spacial score (nSPS) is 31.7. The molecule has 11 heavy (non-hydrogen) atoms. The zero-order valence-electron chi connectivity index (χ0n) is 6.62. The Hall–Kier alpha value is -0.220. The minimum Gasteiger partial charge on any atom is -0.368 e. The fourth-order valence-electron chi connectivity index (χ4n) is 1.22. The minimum atomic E-state index is -0.274. The van der Waals surface area contributed by atoms with E-state index in [0.29, 0.717) is 5.25 Å². The number of nitrogens with zero attached hydrogens (tertiary/aromatic N) is 1. The standard InChI is InChI=1S/C7H13N2OS/c1-2-5-6(7(8)10)9-3-4-11-5/h5-6H,2-4H2,1H3,(H2,8,10). The van der Waals surface area contributed by atoms with Crippen molar-refractivity contribution >= 4 is 17.7 Å². The average Bonchev–Trinajstić information content (AvgIpc) is 2.04. The molecule has 0 aromatic carbocycles. The number of hydrogen-bond acceptors (Lipinski definition) is 2. The first-order chi connectivity index (χ1) is 5.25. The SMILES string of the molecule is CCC1SCC[N]C1C(N)=O. The molecule has 4 heteroatoms. The maximum absolute atomic E-state index is 10.8. The minimum absolute atomic E-state index is 0.237. The van der Waals surface area contributed by atoms with Crippen LogP contribution in [0.5, 0.6) is 0 Å². The van der Waals surface area contributed by atoms with Gasteiger partial charge in [-0.1, -0.05) is 6.92 Å². The fourth-order valence-corrected chi connectivity index (χ4v) is 2.37. The van der Waals surface area contributed by atoms with Crippen LogP contribution in [0.25, 0.3) is 0 Å². The van der Waals surface area contributed by atoms with Gasteiger partial charge in [-0.25, -0.2) is 5.32 Å². The number of primary amides is 1. The third kappa shape index (κ3) is 2.10. The van der Waals surface area contributed by atoms with Gasteiger partial charge in [-0.3, -0.25) is 4.79 Å². The van der Waals surface area contributed by atoms with Gasteiger partial charge in [-0.05, 0) is 6.42 Å². The highest BCUT2D eigenvalue weighted by atomic mass is 32.2. The summed E-state index contributed by atoms with van der Waals surface area (Å²) in [6, 6.07) is -0.237. The van der Waals surface area contributed by atoms with Gasteiger partial charge in [0.05, 0.1) is 0 Å². The molecule has 1 radical (unpaired) electrons. The molecule has 1 fully saturated rings. The number of thioether (sulfide) groups is 1. The predicted octanol–water partition coefficient (Wildman–Crippen LogP) is -0.0299. The quantitative estimate of drug-likeness (QED) is 0.637. The second-order valence-electron chi connectivity index (χ2n) is 2.57. The van der Waals surface area contributed by atoms with E-state index in [0.717, 1.165) is 18.7 Å². The van der Waals surface area contributed by atoms with Gasteiger partial charge in [-0.15, -0.1) is 0 Å². The van der Waals surface area contributed by atoms with Crippen LogP contribution in [0.15, 0.2) is 0 Å². The second-order valence-corrected chi connectivity index (χ2v) is 3.92. The molecule has 0 aliphatic carbocycles. The molecular weight excluding hydrogens is 160 g/mol. The Morgan fingerprint density at radius 3 is 3.00 bits per heavy atom. The van der Waals surface area contributed by atoms with Crippen molar-refractivity contribution in [1.82, 2.24) is 5.32 Å². The summed E-state index contributed by atoms with van der Waals surface area (Å²) < 4.78 is 0. The molecule has 0 aromatic rings. The molecule has 3 nitrogen and oxygen atoms in total. The van der Waals surface area contributed by atoms with E-state index in [2.05, 4.69) is 12.2 Å². The van der Waals surface area contributed by atoms with Crippen molar-refractivity contribution in [2.75, 3.05) is 12.3 Å². The van der Waals surface area contributed by atoms with E-state index >= 15 is 0 Å². The number of amides is 1. The largest absolute Gasteiger partial charge is 0.368 e. The molecule has 1 amide bonds. The average molecular weight is 173 g/mol. The van der Waals surface area contributed by atoms with Crippen LogP contribution in [0.1, 0.15) is 13.3 Å². The highest BCUT2D eigenvalue weighted by molar-refractivity contribution is 8.00. The Labute approximate surface area is 71.1 Å². The highest BCUT2D eigenvalue weighted by Gasteiger charge is 2.28. The van der Waals surface area contributed by atoms with Crippen molar-refractivity contribution in [1.29, 1.82) is 0 Å². The molecule has 0 bridgehead atoms. The van der Waals surface area contributed by atoms with Crippen molar-refractivity contribution in [3.8, 4) is 0 Å². The lowest BCUT2D eigenvalue weighted by molar-refractivity contribution is -0.120. The van der Waals surface area contributed by atoms with E-state index in [1.807, 2.05) is 0 Å². The summed E-state index contributed by atoms with van der Waals surface area (Å²) in [4.78, 5) is 10.8. The van der Waals surface area contributed by atoms with Crippen LogP contribution in [0.3, 0.4) is 0 Å². The Kier molecular flexibility index (Phi) is 3.20. The van der Waals surface area contributed by atoms with Gasteiger partial charge in [0.2, 0.25) is 5.91 Å². The number of nitrogens with two attached hydrogens (primary N) is 1. The zero-order valence-corrected chi connectivity index (χ0v) is 7.43. The van der Waals surface area contributed by atoms with E-state index in [-0.39, 0.29) is 11.9 Å². The Morgan fingerprint density at radius 1 is 1.82 bits per heavy atom. The van der Waals surface area contributed by atoms with E-state index < -0.39 is 0 Å². The van der Waals surface area contributed by atoms with Crippen molar-refractivity contribution < 1.29 is 4.79 Å². The first-order valence-electron chi connectivity index (χ1n) is 3.83. The molecule has 2 atom stereocenters. The number of carbonyl (C=O) groups excluding carboxylic acids is 1. The number of carbonyl (C=O) groups is 1. The van der Waals surface area contributed by atoms with E-state index in [9.17, 15) is 4.79 Å². The number of hydrogen-bond donors (Lipinski definition) is 1. The summed E-state index contributed by atoms with van der Waals surface area (Å²) in [5.74, 6) is 0.756. The van der Waals surface area contributed by atoms with Crippen molar-refractivity contribution in [2.45, 2.75) is 24.6 Å². The van der Waals surface area contributed by atoms with Gasteiger partial charge >= 0.3 is 0 Å². The molecule has 2 unspecified atom stereocenters. The Balaban J connectivity index is 2.51. The molecule has 2 N–H and O–H groups in total. The molecule has 1 saturated heterocycles. The molecule has 0 aromatic heterocycles. The van der Waals surface area contributed by atoms with Gasteiger partial charge in [0.1, 0.15) is 6.04 Å². The third-order valence-electron chi connectivity index (χ3n) is 1.80. The zero-order chi connectivity index (χ0) is 8.27. The summed E-state index contributed by atoms with van der Waals surface area (Å²) in [5.41, 5.74) is 5.19. The van der Waals surface area contributed by atoms with Crippen molar-refractivity contribution in [2.24, 2.45) is 5.73 Å². The van der Waals surface area contributed by atoms with E-state index in [1.165, 1.54) is 0 Å². The third-order valence-corrected chi connectivity index (χ3v) is 3.23. The van der Waals surface area contributed by atoms with Crippen molar-refractivity contribution in [3.05, 3.63) is 0 Å². The summed E-state index contributed by atoms with van der Waals surface area (Å²) >= 11 is 1.81. The lowest BCUT2D eigenvalue weighted by atomic mass is 10.1.